The Bertz CT molecular complexity index is 741. The van der Waals surface area contributed by atoms with E-state index < -0.39 is 0 Å². The number of benzene rings is 1. The van der Waals surface area contributed by atoms with Gasteiger partial charge in [0.1, 0.15) is 5.76 Å². The van der Waals surface area contributed by atoms with E-state index in [4.69, 9.17) is 9.15 Å². The van der Waals surface area contributed by atoms with Gasteiger partial charge in [-0.1, -0.05) is 18.2 Å². The maximum Gasteiger partial charge on any atom is 0.276 e. The van der Waals surface area contributed by atoms with Gasteiger partial charge in [-0.25, -0.2) is 4.98 Å². The molecule has 1 aliphatic rings. The van der Waals surface area contributed by atoms with Gasteiger partial charge in [0.15, 0.2) is 5.69 Å². The van der Waals surface area contributed by atoms with E-state index in [-0.39, 0.29) is 11.5 Å². The van der Waals surface area contributed by atoms with Gasteiger partial charge in [0, 0.05) is 31.7 Å². The SMILES string of the molecule is CC(C)(C)OCCCc1oc(-c2ccccc2)nc1C(=O)N1CCCCC1. The quantitative estimate of drug-likeness (QED) is 0.691. The summed E-state index contributed by atoms with van der Waals surface area (Å²) in [5, 5.41) is 0. The van der Waals surface area contributed by atoms with Crippen LogP contribution in [-0.2, 0) is 11.2 Å². The van der Waals surface area contributed by atoms with E-state index in [9.17, 15) is 4.79 Å². The lowest BCUT2D eigenvalue weighted by atomic mass is 10.1. The summed E-state index contributed by atoms with van der Waals surface area (Å²) in [7, 11) is 0. The minimum Gasteiger partial charge on any atom is -0.440 e. The highest BCUT2D eigenvalue weighted by molar-refractivity contribution is 5.93. The first kappa shape index (κ1) is 19.6. The van der Waals surface area contributed by atoms with E-state index in [1.54, 1.807) is 0 Å². The smallest absolute Gasteiger partial charge is 0.276 e. The maximum absolute atomic E-state index is 13.0. The van der Waals surface area contributed by atoms with Gasteiger partial charge in [-0.05, 0) is 58.6 Å². The van der Waals surface area contributed by atoms with Crippen LogP contribution in [0.1, 0.15) is 62.7 Å². The van der Waals surface area contributed by atoms with Gasteiger partial charge in [-0.15, -0.1) is 0 Å². The van der Waals surface area contributed by atoms with Crippen LogP contribution in [0.2, 0.25) is 0 Å². The maximum atomic E-state index is 13.0. The fourth-order valence-electron chi connectivity index (χ4n) is 3.25. The Morgan fingerprint density at radius 2 is 1.85 bits per heavy atom. The summed E-state index contributed by atoms with van der Waals surface area (Å²) in [5.74, 6) is 1.18. The van der Waals surface area contributed by atoms with Crippen molar-refractivity contribution in [3.63, 3.8) is 0 Å². The van der Waals surface area contributed by atoms with Crippen LogP contribution in [0.15, 0.2) is 34.7 Å². The molecule has 1 saturated heterocycles. The summed E-state index contributed by atoms with van der Waals surface area (Å²) in [6.07, 6.45) is 4.74. The van der Waals surface area contributed by atoms with E-state index in [1.165, 1.54) is 6.42 Å². The molecule has 1 aromatic carbocycles. The van der Waals surface area contributed by atoms with Crippen molar-refractivity contribution in [2.75, 3.05) is 19.7 Å². The Morgan fingerprint density at radius 1 is 1.15 bits per heavy atom. The third-order valence-electron chi connectivity index (χ3n) is 4.65. The van der Waals surface area contributed by atoms with E-state index in [0.717, 1.165) is 37.9 Å². The van der Waals surface area contributed by atoms with Crippen molar-refractivity contribution in [2.45, 2.75) is 58.5 Å². The molecule has 3 rings (SSSR count). The molecule has 0 unspecified atom stereocenters. The van der Waals surface area contributed by atoms with Crippen LogP contribution in [0, 0.1) is 0 Å². The third kappa shape index (κ3) is 5.42. The molecule has 2 heterocycles. The number of nitrogens with zero attached hydrogens (tertiary/aromatic N) is 2. The highest BCUT2D eigenvalue weighted by atomic mass is 16.5. The molecule has 0 spiro atoms. The Hall–Kier alpha value is -2.14. The van der Waals surface area contributed by atoms with Crippen molar-refractivity contribution in [1.82, 2.24) is 9.88 Å². The molecule has 1 aliphatic heterocycles. The van der Waals surface area contributed by atoms with E-state index >= 15 is 0 Å². The first-order valence-electron chi connectivity index (χ1n) is 9.92. The zero-order valence-corrected chi connectivity index (χ0v) is 16.7. The molecule has 0 atom stereocenters. The van der Waals surface area contributed by atoms with Crippen LogP contribution in [0.4, 0.5) is 0 Å². The van der Waals surface area contributed by atoms with Gasteiger partial charge < -0.3 is 14.1 Å². The lowest BCUT2D eigenvalue weighted by Gasteiger charge is -2.26. The molecule has 1 aromatic heterocycles. The van der Waals surface area contributed by atoms with E-state index in [2.05, 4.69) is 4.98 Å². The summed E-state index contributed by atoms with van der Waals surface area (Å²) in [6.45, 7) is 8.36. The van der Waals surface area contributed by atoms with Gasteiger partial charge in [-0.3, -0.25) is 4.79 Å². The summed E-state index contributed by atoms with van der Waals surface area (Å²) >= 11 is 0. The number of rotatable bonds is 6. The van der Waals surface area contributed by atoms with Crippen molar-refractivity contribution < 1.29 is 13.9 Å². The topological polar surface area (TPSA) is 55.6 Å². The number of carbonyl (C=O) groups excluding carboxylic acids is 1. The average Bonchev–Trinajstić information content (AvgIpc) is 3.09. The zero-order valence-electron chi connectivity index (χ0n) is 16.7. The number of ether oxygens (including phenoxy) is 1. The van der Waals surface area contributed by atoms with Crippen LogP contribution in [0.25, 0.3) is 11.5 Å². The summed E-state index contributed by atoms with van der Waals surface area (Å²) in [6, 6.07) is 9.75. The molecule has 0 aliphatic carbocycles. The molecule has 2 aromatic rings. The third-order valence-corrected chi connectivity index (χ3v) is 4.65. The molecular weight excluding hydrogens is 340 g/mol. The minimum absolute atomic E-state index is 0.00706. The number of oxazole rings is 1. The highest BCUT2D eigenvalue weighted by Crippen LogP contribution is 2.25. The second-order valence-electron chi connectivity index (χ2n) is 8.07. The van der Waals surface area contributed by atoms with Gasteiger partial charge >= 0.3 is 0 Å². The zero-order chi connectivity index (χ0) is 19.3. The monoisotopic (exact) mass is 370 g/mol. The summed E-state index contributed by atoms with van der Waals surface area (Å²) in [4.78, 5) is 19.5. The Morgan fingerprint density at radius 3 is 2.52 bits per heavy atom. The molecule has 5 nitrogen and oxygen atoms in total. The predicted molar refractivity (Wildman–Crippen MR) is 106 cm³/mol. The van der Waals surface area contributed by atoms with E-state index in [0.29, 0.717) is 30.4 Å². The molecule has 1 fully saturated rings. The average molecular weight is 370 g/mol. The van der Waals surface area contributed by atoms with Crippen molar-refractivity contribution in [1.29, 1.82) is 0 Å². The molecule has 0 N–H and O–H groups in total. The fourth-order valence-corrected chi connectivity index (χ4v) is 3.25. The normalized spacial score (nSPS) is 15.1. The molecule has 0 bridgehead atoms. The Balaban J connectivity index is 1.78. The predicted octanol–water partition coefficient (Wildman–Crippen LogP) is 4.72. The number of piperidine rings is 1. The number of aromatic nitrogens is 1. The Kier molecular flexibility index (Phi) is 6.32. The van der Waals surface area contributed by atoms with Gasteiger partial charge in [0.05, 0.1) is 5.60 Å². The van der Waals surface area contributed by atoms with Gasteiger partial charge in [0.25, 0.3) is 5.91 Å². The Labute approximate surface area is 161 Å². The first-order valence-corrected chi connectivity index (χ1v) is 9.92. The van der Waals surface area contributed by atoms with Crippen LogP contribution in [0.5, 0.6) is 0 Å². The molecule has 5 heteroatoms. The molecule has 146 valence electrons. The summed E-state index contributed by atoms with van der Waals surface area (Å²) < 4.78 is 11.8. The van der Waals surface area contributed by atoms with Crippen molar-refractivity contribution >= 4 is 5.91 Å². The molecule has 1 amide bonds. The molecule has 0 saturated carbocycles. The van der Waals surface area contributed by atoms with Crippen molar-refractivity contribution in [2.24, 2.45) is 0 Å². The highest BCUT2D eigenvalue weighted by Gasteiger charge is 2.26. The largest absolute Gasteiger partial charge is 0.440 e. The number of hydrogen-bond acceptors (Lipinski definition) is 4. The second kappa shape index (κ2) is 8.70. The lowest BCUT2D eigenvalue weighted by Crippen LogP contribution is -2.36. The minimum atomic E-state index is -0.164. The first-order chi connectivity index (χ1) is 12.9. The molecule has 0 radical (unpaired) electrons. The number of aryl methyl sites for hydroxylation is 1. The molecule has 27 heavy (non-hydrogen) atoms. The van der Waals surface area contributed by atoms with Crippen molar-refractivity contribution in [3.05, 3.63) is 41.8 Å². The lowest BCUT2D eigenvalue weighted by molar-refractivity contribution is -0.00425. The summed E-state index contributed by atoms with van der Waals surface area (Å²) in [5.41, 5.74) is 1.19. The number of hydrogen-bond donors (Lipinski definition) is 0. The molecular formula is C22H30N2O3. The number of amides is 1. The van der Waals surface area contributed by atoms with Crippen LogP contribution in [0.3, 0.4) is 0 Å². The second-order valence-corrected chi connectivity index (χ2v) is 8.07. The number of carbonyl (C=O) groups is 1. The van der Waals surface area contributed by atoms with Gasteiger partial charge in [-0.2, -0.15) is 0 Å². The van der Waals surface area contributed by atoms with Crippen LogP contribution < -0.4 is 0 Å². The van der Waals surface area contributed by atoms with Crippen LogP contribution >= 0.6 is 0 Å². The fraction of sp³-hybridized carbons (Fsp3) is 0.545. The van der Waals surface area contributed by atoms with Gasteiger partial charge in [0.2, 0.25) is 5.89 Å². The standard InChI is InChI=1S/C22H30N2O3/c1-22(2,3)26-16-10-13-18-19(21(25)24-14-8-5-9-15-24)23-20(27-18)17-11-6-4-7-12-17/h4,6-7,11-12H,5,8-10,13-16H2,1-3H3. The van der Waals surface area contributed by atoms with E-state index in [1.807, 2.05) is 56.0 Å². The number of likely N-dealkylation sites (tertiary alicyclic amines) is 1. The van der Waals surface area contributed by atoms with Crippen molar-refractivity contribution in [3.8, 4) is 11.5 Å². The van der Waals surface area contributed by atoms with Crippen LogP contribution in [-0.4, -0.2) is 41.1 Å².